The van der Waals surface area contributed by atoms with Crippen LogP contribution in [0.25, 0.3) is 0 Å². The number of amidine groups is 1. The number of hydrogen-bond donors (Lipinski definition) is 0. The van der Waals surface area contributed by atoms with E-state index in [2.05, 4.69) is 53.4 Å². The van der Waals surface area contributed by atoms with E-state index in [0.29, 0.717) is 12.1 Å². The van der Waals surface area contributed by atoms with E-state index in [0.717, 1.165) is 6.42 Å². The van der Waals surface area contributed by atoms with E-state index in [1.807, 2.05) is 11.8 Å². The molecule has 2 atom stereocenters. The van der Waals surface area contributed by atoms with Gasteiger partial charge in [0.15, 0.2) is 5.17 Å². The number of fused-ring (bicyclic) bond motifs is 7. The molecule has 19 heavy (non-hydrogen) atoms. The van der Waals surface area contributed by atoms with Crippen molar-refractivity contribution in [2.45, 2.75) is 23.4 Å². The Morgan fingerprint density at radius 2 is 1.89 bits per heavy atom. The molecule has 0 bridgehead atoms. The predicted molar refractivity (Wildman–Crippen MR) is 78.9 cm³/mol. The van der Waals surface area contributed by atoms with Crippen molar-refractivity contribution < 1.29 is 0 Å². The van der Waals surface area contributed by atoms with Gasteiger partial charge in [-0.05, 0) is 41.4 Å². The van der Waals surface area contributed by atoms with Crippen LogP contribution in [0.2, 0.25) is 0 Å². The molecule has 0 N–H and O–H groups in total. The van der Waals surface area contributed by atoms with E-state index in [4.69, 9.17) is 4.99 Å². The summed E-state index contributed by atoms with van der Waals surface area (Å²) in [6.45, 7) is 0. The standard InChI is InChI=1S/C16H12N2S/c1-2-6-11-10(5-1)9-13-15(11)17-16-18(13)12-7-3-4-8-14(12)19-16/h1-8,13,15H,9H2/t13-,15+/m0/s1. The van der Waals surface area contributed by atoms with Gasteiger partial charge in [0.1, 0.15) is 0 Å². The Morgan fingerprint density at radius 3 is 2.89 bits per heavy atom. The predicted octanol–water partition coefficient (Wildman–Crippen LogP) is 3.63. The topological polar surface area (TPSA) is 15.6 Å². The normalized spacial score (nSPS) is 25.7. The third-order valence-electron chi connectivity index (χ3n) is 4.28. The summed E-state index contributed by atoms with van der Waals surface area (Å²) < 4.78 is 0. The highest BCUT2D eigenvalue weighted by atomic mass is 32.2. The lowest BCUT2D eigenvalue weighted by Crippen LogP contribution is -2.33. The van der Waals surface area contributed by atoms with Gasteiger partial charge in [-0.15, -0.1) is 0 Å². The largest absolute Gasteiger partial charge is 0.314 e. The molecular formula is C16H12N2S. The molecule has 2 aliphatic heterocycles. The fourth-order valence-electron chi connectivity index (χ4n) is 3.46. The summed E-state index contributed by atoms with van der Waals surface area (Å²) in [5.74, 6) is 0. The van der Waals surface area contributed by atoms with Crippen molar-refractivity contribution in [3.05, 3.63) is 59.7 Å². The first-order valence-electron chi connectivity index (χ1n) is 6.63. The summed E-state index contributed by atoms with van der Waals surface area (Å²) in [6.07, 6.45) is 1.11. The first-order chi connectivity index (χ1) is 9.42. The number of thioether (sulfide) groups is 1. The van der Waals surface area contributed by atoms with Gasteiger partial charge in [-0.25, -0.2) is 0 Å². The van der Waals surface area contributed by atoms with Crippen molar-refractivity contribution in [2.75, 3.05) is 4.90 Å². The lowest BCUT2D eigenvalue weighted by atomic mass is 10.1. The molecule has 0 radical (unpaired) electrons. The SMILES string of the molecule is c1ccc2c(c1)C[C@H]1[C@@H]2N=C2Sc3ccccc3N21. The van der Waals surface area contributed by atoms with Crippen molar-refractivity contribution >= 4 is 22.6 Å². The van der Waals surface area contributed by atoms with Gasteiger partial charge in [-0.1, -0.05) is 36.4 Å². The highest BCUT2D eigenvalue weighted by Crippen LogP contribution is 2.51. The maximum absolute atomic E-state index is 4.97. The van der Waals surface area contributed by atoms with E-state index in [9.17, 15) is 0 Å². The summed E-state index contributed by atoms with van der Waals surface area (Å²) in [6, 6.07) is 18.2. The second-order valence-corrected chi connectivity index (χ2v) is 6.28. The third kappa shape index (κ3) is 1.21. The number of nitrogens with zero attached hydrogens (tertiary/aromatic N) is 2. The lowest BCUT2D eigenvalue weighted by molar-refractivity contribution is 0.627. The minimum atomic E-state index is 0.340. The van der Waals surface area contributed by atoms with Crippen LogP contribution in [0.4, 0.5) is 5.69 Å². The zero-order valence-corrected chi connectivity index (χ0v) is 11.1. The van der Waals surface area contributed by atoms with E-state index in [1.54, 1.807) is 0 Å². The van der Waals surface area contributed by atoms with E-state index in [-0.39, 0.29) is 0 Å². The molecule has 2 aromatic rings. The van der Waals surface area contributed by atoms with E-state index in [1.165, 1.54) is 26.9 Å². The molecule has 0 saturated carbocycles. The molecule has 2 heterocycles. The molecule has 2 nitrogen and oxygen atoms in total. The molecule has 0 spiro atoms. The van der Waals surface area contributed by atoms with Crippen LogP contribution in [-0.4, -0.2) is 11.2 Å². The number of para-hydroxylation sites is 1. The molecule has 2 aromatic carbocycles. The minimum Gasteiger partial charge on any atom is -0.314 e. The summed E-state index contributed by atoms with van der Waals surface area (Å²) in [5, 5.41) is 1.19. The van der Waals surface area contributed by atoms with Crippen molar-refractivity contribution in [3.63, 3.8) is 0 Å². The van der Waals surface area contributed by atoms with Crippen molar-refractivity contribution in [3.8, 4) is 0 Å². The number of aliphatic imine (C=N–C) groups is 1. The third-order valence-corrected chi connectivity index (χ3v) is 5.33. The Balaban J connectivity index is 1.66. The molecule has 92 valence electrons. The zero-order valence-electron chi connectivity index (χ0n) is 10.3. The molecule has 0 saturated heterocycles. The first-order valence-corrected chi connectivity index (χ1v) is 7.45. The molecule has 3 heteroatoms. The Labute approximate surface area is 116 Å². The van der Waals surface area contributed by atoms with Gasteiger partial charge in [0.2, 0.25) is 0 Å². The molecular weight excluding hydrogens is 252 g/mol. The van der Waals surface area contributed by atoms with Crippen LogP contribution in [-0.2, 0) is 6.42 Å². The van der Waals surface area contributed by atoms with Crippen LogP contribution >= 0.6 is 11.8 Å². The highest BCUT2D eigenvalue weighted by Gasteiger charge is 2.46. The van der Waals surface area contributed by atoms with Crippen LogP contribution in [0.5, 0.6) is 0 Å². The van der Waals surface area contributed by atoms with Crippen LogP contribution in [0.3, 0.4) is 0 Å². The summed E-state index contributed by atoms with van der Waals surface area (Å²) >= 11 is 1.81. The van der Waals surface area contributed by atoms with Gasteiger partial charge >= 0.3 is 0 Å². The zero-order chi connectivity index (χ0) is 12.4. The molecule has 0 unspecified atom stereocenters. The van der Waals surface area contributed by atoms with E-state index >= 15 is 0 Å². The number of benzene rings is 2. The number of anilines is 1. The van der Waals surface area contributed by atoms with Crippen LogP contribution in [0.15, 0.2) is 58.4 Å². The quantitative estimate of drug-likeness (QED) is 0.722. The van der Waals surface area contributed by atoms with Crippen LogP contribution in [0.1, 0.15) is 17.2 Å². The van der Waals surface area contributed by atoms with Gasteiger partial charge in [0, 0.05) is 4.90 Å². The highest BCUT2D eigenvalue weighted by molar-refractivity contribution is 8.14. The number of rotatable bonds is 0. The van der Waals surface area contributed by atoms with Gasteiger partial charge in [0.05, 0.1) is 17.8 Å². The minimum absolute atomic E-state index is 0.340. The van der Waals surface area contributed by atoms with Crippen LogP contribution < -0.4 is 4.90 Å². The van der Waals surface area contributed by atoms with Gasteiger partial charge in [-0.3, -0.25) is 4.99 Å². The van der Waals surface area contributed by atoms with Crippen molar-refractivity contribution in [1.29, 1.82) is 0 Å². The maximum atomic E-state index is 4.97. The monoisotopic (exact) mass is 264 g/mol. The average Bonchev–Trinajstić information content (AvgIpc) is 3.05. The Bertz CT molecular complexity index is 722. The van der Waals surface area contributed by atoms with Gasteiger partial charge in [-0.2, -0.15) is 0 Å². The first kappa shape index (κ1) is 10.1. The van der Waals surface area contributed by atoms with Gasteiger partial charge < -0.3 is 4.90 Å². The Morgan fingerprint density at radius 1 is 1.05 bits per heavy atom. The fourth-order valence-corrected chi connectivity index (χ4v) is 4.57. The molecule has 0 fully saturated rings. The van der Waals surface area contributed by atoms with Gasteiger partial charge in [0.25, 0.3) is 0 Å². The number of hydrogen-bond acceptors (Lipinski definition) is 3. The fraction of sp³-hybridized carbons (Fsp3) is 0.188. The maximum Gasteiger partial charge on any atom is 0.169 e. The van der Waals surface area contributed by atoms with Crippen molar-refractivity contribution in [1.82, 2.24) is 0 Å². The molecule has 3 aliphatic rings. The Hall–Kier alpha value is -1.74. The Kier molecular flexibility index (Phi) is 1.82. The van der Waals surface area contributed by atoms with Crippen LogP contribution in [0, 0.1) is 0 Å². The summed E-state index contributed by atoms with van der Waals surface area (Å²) in [5.41, 5.74) is 4.23. The average molecular weight is 264 g/mol. The summed E-state index contributed by atoms with van der Waals surface area (Å²) in [4.78, 5) is 8.77. The second kappa shape index (κ2) is 3.42. The molecule has 1 aliphatic carbocycles. The summed E-state index contributed by atoms with van der Waals surface area (Å²) in [7, 11) is 0. The smallest absolute Gasteiger partial charge is 0.169 e. The van der Waals surface area contributed by atoms with Crippen molar-refractivity contribution in [2.24, 2.45) is 4.99 Å². The lowest BCUT2D eigenvalue weighted by Gasteiger charge is -2.22. The van der Waals surface area contributed by atoms with E-state index < -0.39 is 0 Å². The molecule has 5 rings (SSSR count). The molecule has 0 aromatic heterocycles. The molecule has 0 amide bonds. The second-order valence-electron chi connectivity index (χ2n) is 5.27.